The average molecular weight is 367 g/mol. The Kier molecular flexibility index (Phi) is 3.95. The first-order valence-corrected chi connectivity index (χ1v) is 10.7. The van der Waals surface area contributed by atoms with Gasteiger partial charge < -0.3 is 0 Å². The lowest BCUT2D eigenvalue weighted by molar-refractivity contribution is 0.598. The topological polar surface area (TPSA) is 89.4 Å². The van der Waals surface area contributed by atoms with Crippen LogP contribution >= 0.6 is 11.7 Å². The molecule has 0 aliphatic rings. The van der Waals surface area contributed by atoms with Crippen molar-refractivity contribution in [2.24, 2.45) is 3.77 Å². The van der Waals surface area contributed by atoms with E-state index in [9.17, 15) is 12.6 Å². The van der Waals surface area contributed by atoms with Gasteiger partial charge >= 0.3 is 0 Å². The molecule has 6 nitrogen and oxygen atoms in total. The zero-order chi connectivity index (χ0) is 16.7. The summed E-state index contributed by atoms with van der Waals surface area (Å²) >= 11 is 0.922. The Morgan fingerprint density at radius 3 is 2.39 bits per heavy atom. The third-order valence-corrected chi connectivity index (χ3v) is 7.72. The molecule has 120 valence electrons. The standard InChI is InChI=1S/C14H13N3O3S3/c1-10-6-8-11(9-7-10)22(2,18)17-23(19,20)13-5-3-4-12-14(13)16-21-15-12/h3-9H,1-2H3/t22-/m1/s1. The summed E-state index contributed by atoms with van der Waals surface area (Å²) in [5, 5.41) is 0. The first kappa shape index (κ1) is 16.0. The van der Waals surface area contributed by atoms with E-state index in [0.717, 1.165) is 17.3 Å². The lowest BCUT2D eigenvalue weighted by Gasteiger charge is -2.06. The Morgan fingerprint density at radius 1 is 1.00 bits per heavy atom. The highest BCUT2D eigenvalue weighted by Gasteiger charge is 2.21. The van der Waals surface area contributed by atoms with Crippen LogP contribution in [-0.2, 0) is 19.8 Å². The van der Waals surface area contributed by atoms with E-state index in [-0.39, 0.29) is 10.4 Å². The Morgan fingerprint density at radius 2 is 1.70 bits per heavy atom. The molecule has 0 aliphatic heterocycles. The molecule has 0 aliphatic carbocycles. The Balaban J connectivity index is 2.18. The summed E-state index contributed by atoms with van der Waals surface area (Å²) < 4.78 is 49.7. The second-order valence-electron chi connectivity index (χ2n) is 5.05. The predicted octanol–water partition coefficient (Wildman–Crippen LogP) is 2.85. The van der Waals surface area contributed by atoms with Crippen molar-refractivity contribution in [3.05, 3.63) is 48.0 Å². The van der Waals surface area contributed by atoms with Crippen LogP contribution in [0.2, 0.25) is 0 Å². The third kappa shape index (κ3) is 3.12. The van der Waals surface area contributed by atoms with Crippen LogP contribution in [0.1, 0.15) is 5.56 Å². The zero-order valence-electron chi connectivity index (χ0n) is 12.3. The van der Waals surface area contributed by atoms with Gasteiger partial charge in [-0.05, 0) is 31.2 Å². The molecule has 0 unspecified atom stereocenters. The lowest BCUT2D eigenvalue weighted by Crippen LogP contribution is -2.05. The normalized spacial score (nSPS) is 14.5. The van der Waals surface area contributed by atoms with Crippen molar-refractivity contribution in [3.63, 3.8) is 0 Å². The van der Waals surface area contributed by atoms with Gasteiger partial charge in [-0.2, -0.15) is 17.2 Å². The molecule has 0 spiro atoms. The number of hydrogen-bond donors (Lipinski definition) is 0. The van der Waals surface area contributed by atoms with E-state index in [1.807, 2.05) is 6.92 Å². The molecular formula is C14H13N3O3S3. The summed E-state index contributed by atoms with van der Waals surface area (Å²) in [7, 11) is -7.21. The van der Waals surface area contributed by atoms with E-state index in [1.165, 1.54) is 12.3 Å². The van der Waals surface area contributed by atoms with E-state index in [1.54, 1.807) is 36.4 Å². The fraction of sp³-hybridized carbons (Fsp3) is 0.143. The maximum absolute atomic E-state index is 12.8. The number of fused-ring (bicyclic) bond motifs is 1. The molecule has 23 heavy (non-hydrogen) atoms. The molecule has 3 aromatic rings. The van der Waals surface area contributed by atoms with Gasteiger partial charge in [-0.1, -0.05) is 23.8 Å². The first-order valence-electron chi connectivity index (χ1n) is 6.56. The average Bonchev–Trinajstić information content (AvgIpc) is 2.94. The summed E-state index contributed by atoms with van der Waals surface area (Å²) in [5.41, 5.74) is 1.72. The van der Waals surface area contributed by atoms with Gasteiger partial charge in [0.25, 0.3) is 10.0 Å². The second-order valence-corrected chi connectivity index (χ2v) is 9.64. The maximum Gasteiger partial charge on any atom is 0.292 e. The van der Waals surface area contributed by atoms with Crippen LogP contribution in [0.5, 0.6) is 0 Å². The minimum Gasteiger partial charge on any atom is -0.244 e. The van der Waals surface area contributed by atoms with Gasteiger partial charge in [-0.15, -0.1) is 3.77 Å². The van der Waals surface area contributed by atoms with Gasteiger partial charge in [0.1, 0.15) is 15.9 Å². The number of benzene rings is 2. The molecule has 0 saturated heterocycles. The van der Waals surface area contributed by atoms with Crippen LogP contribution in [-0.4, -0.2) is 27.6 Å². The highest BCUT2D eigenvalue weighted by molar-refractivity contribution is 8.03. The van der Waals surface area contributed by atoms with Crippen LogP contribution in [0.3, 0.4) is 0 Å². The highest BCUT2D eigenvalue weighted by atomic mass is 32.3. The molecule has 1 aromatic heterocycles. The summed E-state index contributed by atoms with van der Waals surface area (Å²) in [4.78, 5) is 0.292. The predicted molar refractivity (Wildman–Crippen MR) is 90.5 cm³/mol. The number of sulfonamides is 1. The molecule has 1 atom stereocenters. The molecular weight excluding hydrogens is 354 g/mol. The summed E-state index contributed by atoms with van der Waals surface area (Å²) in [6, 6.07) is 11.4. The van der Waals surface area contributed by atoms with Crippen LogP contribution in [0.15, 0.2) is 56.0 Å². The molecule has 3 rings (SSSR count). The molecule has 0 N–H and O–H groups in total. The Bertz CT molecular complexity index is 1090. The number of nitrogens with zero attached hydrogens (tertiary/aromatic N) is 3. The van der Waals surface area contributed by atoms with Crippen molar-refractivity contribution in [2.75, 3.05) is 6.26 Å². The Hall–Kier alpha value is -1.84. The van der Waals surface area contributed by atoms with E-state index < -0.39 is 19.8 Å². The molecule has 1 heterocycles. The van der Waals surface area contributed by atoms with Gasteiger partial charge in [-0.3, -0.25) is 0 Å². The van der Waals surface area contributed by atoms with E-state index in [2.05, 4.69) is 12.5 Å². The van der Waals surface area contributed by atoms with E-state index in [0.29, 0.717) is 10.4 Å². The minimum atomic E-state index is -4.12. The van der Waals surface area contributed by atoms with E-state index in [4.69, 9.17) is 0 Å². The minimum absolute atomic E-state index is 0.0783. The molecule has 0 bridgehead atoms. The van der Waals surface area contributed by atoms with Crippen LogP contribution in [0.25, 0.3) is 11.0 Å². The van der Waals surface area contributed by atoms with Crippen LogP contribution in [0.4, 0.5) is 0 Å². The van der Waals surface area contributed by atoms with Gasteiger partial charge in [0, 0.05) is 11.2 Å². The number of aromatic nitrogens is 2. The first-order chi connectivity index (χ1) is 10.8. The van der Waals surface area contributed by atoms with Crippen LogP contribution < -0.4 is 0 Å². The molecule has 0 saturated carbocycles. The highest BCUT2D eigenvalue weighted by Crippen LogP contribution is 2.25. The lowest BCUT2D eigenvalue weighted by atomic mass is 10.2. The van der Waals surface area contributed by atoms with Gasteiger partial charge in [0.15, 0.2) is 0 Å². The van der Waals surface area contributed by atoms with Crippen LogP contribution in [0, 0.1) is 6.92 Å². The molecule has 0 fully saturated rings. The summed E-state index contributed by atoms with van der Waals surface area (Å²) in [6.07, 6.45) is 1.31. The molecule has 9 heteroatoms. The van der Waals surface area contributed by atoms with Crippen molar-refractivity contribution in [1.29, 1.82) is 0 Å². The maximum atomic E-state index is 12.8. The van der Waals surface area contributed by atoms with Gasteiger partial charge in [-0.25, -0.2) is 4.21 Å². The van der Waals surface area contributed by atoms with Gasteiger partial charge in [0.05, 0.1) is 21.5 Å². The summed E-state index contributed by atoms with van der Waals surface area (Å²) in [5.74, 6) is 0. The second kappa shape index (κ2) is 5.66. The number of aryl methyl sites for hydroxylation is 1. The monoisotopic (exact) mass is 367 g/mol. The van der Waals surface area contributed by atoms with Gasteiger partial charge in [0.2, 0.25) is 0 Å². The van der Waals surface area contributed by atoms with E-state index >= 15 is 0 Å². The molecule has 0 radical (unpaired) electrons. The fourth-order valence-corrected chi connectivity index (χ4v) is 6.11. The van der Waals surface area contributed by atoms with Crippen molar-refractivity contribution in [3.8, 4) is 0 Å². The van der Waals surface area contributed by atoms with Crippen molar-refractivity contribution in [1.82, 2.24) is 8.75 Å². The zero-order valence-corrected chi connectivity index (χ0v) is 14.8. The SMILES string of the molecule is Cc1ccc([S@@](C)(=O)=NS(=O)(=O)c2cccc3nsnc23)cc1. The van der Waals surface area contributed by atoms with Crippen molar-refractivity contribution < 1.29 is 12.6 Å². The fourth-order valence-electron chi connectivity index (χ4n) is 2.05. The number of rotatable bonds is 3. The largest absolute Gasteiger partial charge is 0.292 e. The van der Waals surface area contributed by atoms with Crippen molar-refractivity contribution >= 4 is 42.5 Å². The third-order valence-electron chi connectivity index (χ3n) is 3.23. The summed E-state index contributed by atoms with van der Waals surface area (Å²) in [6.45, 7) is 1.89. The molecule has 2 aromatic carbocycles. The van der Waals surface area contributed by atoms with Crippen molar-refractivity contribution in [2.45, 2.75) is 16.7 Å². The number of hydrogen-bond acceptors (Lipinski definition) is 6. The quantitative estimate of drug-likeness (QED) is 0.710. The molecule has 0 amide bonds. The Labute approximate surface area is 138 Å². The smallest absolute Gasteiger partial charge is 0.244 e.